The molecule has 2 aromatic rings. The number of carbonyl (C=O) groups is 2. The Balaban J connectivity index is 2.08. The van der Waals surface area contributed by atoms with Crippen molar-refractivity contribution >= 4 is 11.9 Å². The third-order valence-corrected chi connectivity index (χ3v) is 3.00. The molecule has 2 aromatic carbocycles. The predicted molar refractivity (Wildman–Crippen MR) is 80.1 cm³/mol. The predicted octanol–water partition coefficient (Wildman–Crippen LogP) is 3.10. The zero-order valence-corrected chi connectivity index (χ0v) is 12.0. The number of nitrogens with one attached hydrogen (secondary N) is 1. The van der Waals surface area contributed by atoms with Crippen LogP contribution >= 0.6 is 0 Å². The first kappa shape index (κ1) is 14.8. The van der Waals surface area contributed by atoms with E-state index in [1.807, 2.05) is 37.3 Å². The lowest BCUT2D eigenvalue weighted by atomic mass is 10.1. The second kappa shape index (κ2) is 6.70. The van der Waals surface area contributed by atoms with E-state index in [2.05, 4.69) is 5.32 Å². The van der Waals surface area contributed by atoms with Gasteiger partial charge in [0.15, 0.2) is 0 Å². The lowest BCUT2D eigenvalue weighted by Gasteiger charge is -2.14. The van der Waals surface area contributed by atoms with Crippen LogP contribution in [0.15, 0.2) is 54.6 Å². The third kappa shape index (κ3) is 4.18. The summed E-state index contributed by atoms with van der Waals surface area (Å²) in [6, 6.07) is 16.2. The number of hydrogen-bond acceptors (Lipinski definition) is 3. The summed E-state index contributed by atoms with van der Waals surface area (Å²) in [5.41, 5.74) is 1.48. The quantitative estimate of drug-likeness (QED) is 0.693. The van der Waals surface area contributed by atoms with Crippen molar-refractivity contribution < 1.29 is 14.3 Å². The molecule has 0 aromatic heterocycles. The molecule has 1 amide bonds. The summed E-state index contributed by atoms with van der Waals surface area (Å²) in [7, 11) is 0. The van der Waals surface area contributed by atoms with E-state index in [9.17, 15) is 9.59 Å². The second-order valence-electron chi connectivity index (χ2n) is 4.73. The third-order valence-electron chi connectivity index (χ3n) is 3.00. The van der Waals surface area contributed by atoms with E-state index in [-0.39, 0.29) is 11.9 Å². The van der Waals surface area contributed by atoms with E-state index in [0.29, 0.717) is 11.3 Å². The van der Waals surface area contributed by atoms with Crippen molar-refractivity contribution in [3.8, 4) is 5.75 Å². The Bertz CT molecular complexity index is 637. The molecule has 0 spiro atoms. The molecular formula is C17H17NO3. The number of amides is 1. The molecule has 21 heavy (non-hydrogen) atoms. The molecule has 0 saturated carbocycles. The monoisotopic (exact) mass is 283 g/mol. The van der Waals surface area contributed by atoms with Crippen LogP contribution in [0.25, 0.3) is 0 Å². The zero-order valence-electron chi connectivity index (χ0n) is 12.0. The molecule has 1 N–H and O–H groups in total. The van der Waals surface area contributed by atoms with E-state index in [1.54, 1.807) is 24.3 Å². The van der Waals surface area contributed by atoms with Crippen LogP contribution in [0.2, 0.25) is 0 Å². The maximum Gasteiger partial charge on any atom is 0.308 e. The minimum atomic E-state index is -0.412. The van der Waals surface area contributed by atoms with Gasteiger partial charge >= 0.3 is 5.97 Å². The Morgan fingerprint density at radius 3 is 2.43 bits per heavy atom. The van der Waals surface area contributed by atoms with Gasteiger partial charge in [0, 0.05) is 12.5 Å². The van der Waals surface area contributed by atoms with Gasteiger partial charge < -0.3 is 10.1 Å². The Kier molecular flexibility index (Phi) is 4.72. The molecular weight excluding hydrogens is 266 g/mol. The lowest BCUT2D eigenvalue weighted by Crippen LogP contribution is -2.26. The molecule has 1 atom stereocenters. The zero-order chi connectivity index (χ0) is 15.2. The minimum absolute atomic E-state index is 0.101. The summed E-state index contributed by atoms with van der Waals surface area (Å²) in [4.78, 5) is 23.1. The van der Waals surface area contributed by atoms with Gasteiger partial charge in [-0.2, -0.15) is 0 Å². The van der Waals surface area contributed by atoms with Crippen molar-refractivity contribution in [2.75, 3.05) is 0 Å². The molecule has 0 aliphatic heterocycles. The molecule has 0 radical (unpaired) electrons. The average molecular weight is 283 g/mol. The van der Waals surface area contributed by atoms with Crippen LogP contribution in [0.5, 0.6) is 5.75 Å². The van der Waals surface area contributed by atoms with Crippen LogP contribution < -0.4 is 10.1 Å². The maximum absolute atomic E-state index is 12.2. The molecule has 4 heteroatoms. The SMILES string of the molecule is CC(=O)Oc1cccc(C(=O)N[C@H](C)c2ccccc2)c1. The van der Waals surface area contributed by atoms with E-state index in [0.717, 1.165) is 5.56 Å². The summed E-state index contributed by atoms with van der Waals surface area (Å²) in [5.74, 6) is -0.256. The standard InChI is InChI=1S/C17H17NO3/c1-12(14-7-4-3-5-8-14)18-17(20)15-9-6-10-16(11-15)21-13(2)19/h3-12H,1-2H3,(H,18,20)/t12-/m1/s1. The number of ether oxygens (including phenoxy) is 1. The highest BCUT2D eigenvalue weighted by atomic mass is 16.5. The molecule has 0 unspecified atom stereocenters. The highest BCUT2D eigenvalue weighted by Gasteiger charge is 2.12. The molecule has 2 rings (SSSR count). The molecule has 0 fully saturated rings. The van der Waals surface area contributed by atoms with Crippen LogP contribution in [0.4, 0.5) is 0 Å². The van der Waals surface area contributed by atoms with E-state index in [1.165, 1.54) is 6.92 Å². The van der Waals surface area contributed by atoms with E-state index < -0.39 is 5.97 Å². The Morgan fingerprint density at radius 2 is 1.76 bits per heavy atom. The van der Waals surface area contributed by atoms with Crippen molar-refractivity contribution in [2.24, 2.45) is 0 Å². The summed E-state index contributed by atoms with van der Waals surface area (Å²) in [6.07, 6.45) is 0. The van der Waals surface area contributed by atoms with Gasteiger partial charge in [0.25, 0.3) is 5.91 Å². The fourth-order valence-electron chi connectivity index (χ4n) is 1.97. The number of benzene rings is 2. The molecule has 0 aliphatic carbocycles. The second-order valence-corrected chi connectivity index (χ2v) is 4.73. The van der Waals surface area contributed by atoms with Gasteiger partial charge in [0.05, 0.1) is 6.04 Å². The Hall–Kier alpha value is -2.62. The Labute approximate surface area is 123 Å². The fraction of sp³-hybridized carbons (Fsp3) is 0.176. The average Bonchev–Trinajstić information content (AvgIpc) is 2.47. The van der Waals surface area contributed by atoms with Crippen LogP contribution in [0.3, 0.4) is 0 Å². The van der Waals surface area contributed by atoms with Gasteiger partial charge in [-0.1, -0.05) is 36.4 Å². The highest BCUT2D eigenvalue weighted by Crippen LogP contribution is 2.16. The van der Waals surface area contributed by atoms with Crippen molar-refractivity contribution in [2.45, 2.75) is 19.9 Å². The number of carbonyl (C=O) groups excluding carboxylic acids is 2. The summed E-state index contributed by atoms with van der Waals surface area (Å²) in [6.45, 7) is 3.24. The van der Waals surface area contributed by atoms with Crippen LogP contribution in [-0.4, -0.2) is 11.9 Å². The summed E-state index contributed by atoms with van der Waals surface area (Å²) in [5, 5.41) is 2.91. The van der Waals surface area contributed by atoms with Crippen LogP contribution in [-0.2, 0) is 4.79 Å². The summed E-state index contributed by atoms with van der Waals surface area (Å²) < 4.78 is 4.98. The number of rotatable bonds is 4. The maximum atomic E-state index is 12.2. The molecule has 0 saturated heterocycles. The molecule has 108 valence electrons. The molecule has 0 heterocycles. The first-order valence-electron chi connectivity index (χ1n) is 6.70. The van der Waals surface area contributed by atoms with Gasteiger partial charge in [-0.3, -0.25) is 9.59 Å². The van der Waals surface area contributed by atoms with Crippen molar-refractivity contribution in [3.05, 3.63) is 65.7 Å². The molecule has 0 bridgehead atoms. The molecule has 4 nitrogen and oxygen atoms in total. The summed E-state index contributed by atoms with van der Waals surface area (Å²) >= 11 is 0. The van der Waals surface area contributed by atoms with Crippen molar-refractivity contribution in [1.29, 1.82) is 0 Å². The first-order valence-corrected chi connectivity index (χ1v) is 6.70. The van der Waals surface area contributed by atoms with Gasteiger partial charge in [0.1, 0.15) is 5.75 Å². The number of hydrogen-bond donors (Lipinski definition) is 1. The van der Waals surface area contributed by atoms with Crippen LogP contribution in [0, 0.1) is 0 Å². The van der Waals surface area contributed by atoms with Gasteiger partial charge in [-0.15, -0.1) is 0 Å². The van der Waals surface area contributed by atoms with Crippen LogP contribution in [0.1, 0.15) is 35.8 Å². The van der Waals surface area contributed by atoms with Crippen molar-refractivity contribution in [1.82, 2.24) is 5.32 Å². The minimum Gasteiger partial charge on any atom is -0.427 e. The van der Waals surface area contributed by atoms with E-state index >= 15 is 0 Å². The fourth-order valence-corrected chi connectivity index (χ4v) is 1.97. The van der Waals surface area contributed by atoms with Gasteiger partial charge in [0.2, 0.25) is 0 Å². The van der Waals surface area contributed by atoms with Gasteiger partial charge in [-0.05, 0) is 30.7 Å². The van der Waals surface area contributed by atoms with Gasteiger partial charge in [-0.25, -0.2) is 0 Å². The topological polar surface area (TPSA) is 55.4 Å². The smallest absolute Gasteiger partial charge is 0.308 e. The highest BCUT2D eigenvalue weighted by molar-refractivity contribution is 5.95. The largest absolute Gasteiger partial charge is 0.427 e. The van der Waals surface area contributed by atoms with E-state index in [4.69, 9.17) is 4.74 Å². The lowest BCUT2D eigenvalue weighted by molar-refractivity contribution is -0.131. The number of esters is 1. The first-order chi connectivity index (χ1) is 10.1. The molecule has 0 aliphatic rings. The van der Waals surface area contributed by atoms with Crippen molar-refractivity contribution in [3.63, 3.8) is 0 Å². The normalized spacial score (nSPS) is 11.5. The Morgan fingerprint density at radius 1 is 1.05 bits per heavy atom.